The van der Waals surface area contributed by atoms with Crippen LogP contribution >= 0.6 is 0 Å². The van der Waals surface area contributed by atoms with Gasteiger partial charge in [0.15, 0.2) is 0 Å². The molecule has 1 atom stereocenters. The molecule has 0 radical (unpaired) electrons. The molecule has 1 heterocycles. The average Bonchev–Trinajstić information content (AvgIpc) is 2.72. The molecular weight excluding hydrogens is 258 g/mol. The van der Waals surface area contributed by atoms with Gasteiger partial charge in [0.2, 0.25) is 5.91 Å². The molecule has 0 saturated heterocycles. The van der Waals surface area contributed by atoms with Gasteiger partial charge >= 0.3 is 5.97 Å². The highest BCUT2D eigenvalue weighted by Gasteiger charge is 2.24. The van der Waals surface area contributed by atoms with E-state index in [-0.39, 0.29) is 11.5 Å². The maximum atomic E-state index is 12.1. The van der Waals surface area contributed by atoms with Gasteiger partial charge in [-0.2, -0.15) is 0 Å². The lowest BCUT2D eigenvalue weighted by molar-refractivity contribution is -0.131. The quantitative estimate of drug-likeness (QED) is 0.925. The molecule has 2 aromatic rings. The maximum absolute atomic E-state index is 12.1. The van der Waals surface area contributed by atoms with Crippen molar-refractivity contribution in [1.82, 2.24) is 14.5 Å². The fraction of sp³-hybridized carbons (Fsp3) is 0.357. The van der Waals surface area contributed by atoms with Crippen molar-refractivity contribution in [1.29, 1.82) is 0 Å². The SMILES string of the molecule is Cc1nc2cccc(C(=O)O)c2n1C(C)C(=O)N(C)C. The third kappa shape index (κ3) is 2.13. The molecule has 0 fully saturated rings. The number of aryl methyl sites for hydroxylation is 1. The van der Waals surface area contributed by atoms with Gasteiger partial charge in [-0.1, -0.05) is 6.07 Å². The summed E-state index contributed by atoms with van der Waals surface area (Å²) < 4.78 is 1.68. The molecule has 1 amide bonds. The molecule has 0 aliphatic rings. The normalized spacial score (nSPS) is 12.4. The van der Waals surface area contributed by atoms with Crippen molar-refractivity contribution in [2.24, 2.45) is 0 Å². The molecule has 0 aliphatic carbocycles. The zero-order chi connectivity index (χ0) is 15.0. The van der Waals surface area contributed by atoms with Crippen LogP contribution in [0.1, 0.15) is 29.1 Å². The van der Waals surface area contributed by atoms with Gasteiger partial charge in [0.05, 0.1) is 16.6 Å². The highest BCUT2D eigenvalue weighted by atomic mass is 16.4. The van der Waals surface area contributed by atoms with Crippen molar-refractivity contribution in [2.45, 2.75) is 19.9 Å². The minimum atomic E-state index is -1.03. The van der Waals surface area contributed by atoms with Crippen molar-refractivity contribution in [3.8, 4) is 0 Å². The Hall–Kier alpha value is -2.37. The first-order valence-corrected chi connectivity index (χ1v) is 6.26. The second kappa shape index (κ2) is 4.96. The fourth-order valence-electron chi connectivity index (χ4n) is 2.40. The molecule has 0 spiro atoms. The van der Waals surface area contributed by atoms with Gasteiger partial charge < -0.3 is 14.6 Å². The summed E-state index contributed by atoms with van der Waals surface area (Å²) >= 11 is 0. The van der Waals surface area contributed by atoms with Crippen molar-refractivity contribution in [2.75, 3.05) is 14.1 Å². The number of carbonyl (C=O) groups is 2. The van der Waals surface area contributed by atoms with E-state index in [0.29, 0.717) is 16.9 Å². The number of carbonyl (C=O) groups excluding carboxylic acids is 1. The molecule has 1 aromatic heterocycles. The van der Waals surface area contributed by atoms with Crippen LogP contribution < -0.4 is 0 Å². The van der Waals surface area contributed by atoms with E-state index in [9.17, 15) is 14.7 Å². The van der Waals surface area contributed by atoms with E-state index in [0.717, 1.165) is 0 Å². The minimum Gasteiger partial charge on any atom is -0.478 e. The van der Waals surface area contributed by atoms with Crippen LogP contribution in [0.2, 0.25) is 0 Å². The Labute approximate surface area is 116 Å². The first-order valence-electron chi connectivity index (χ1n) is 6.26. The summed E-state index contributed by atoms with van der Waals surface area (Å²) in [5.74, 6) is -0.509. The summed E-state index contributed by atoms with van der Waals surface area (Å²) in [5.41, 5.74) is 1.22. The van der Waals surface area contributed by atoms with Gasteiger partial charge in [-0.15, -0.1) is 0 Å². The first kappa shape index (κ1) is 14.0. The van der Waals surface area contributed by atoms with E-state index < -0.39 is 12.0 Å². The number of para-hydroxylation sites is 1. The topological polar surface area (TPSA) is 75.4 Å². The minimum absolute atomic E-state index is 0.104. The average molecular weight is 275 g/mol. The number of likely N-dealkylation sites (N-methyl/N-ethyl adjacent to an activating group) is 1. The summed E-state index contributed by atoms with van der Waals surface area (Å²) in [6.07, 6.45) is 0. The van der Waals surface area contributed by atoms with Crippen LogP contribution in [0.15, 0.2) is 18.2 Å². The molecule has 1 N–H and O–H groups in total. The second-order valence-electron chi connectivity index (χ2n) is 4.92. The lowest BCUT2D eigenvalue weighted by Crippen LogP contribution is -2.30. The zero-order valence-electron chi connectivity index (χ0n) is 11.9. The van der Waals surface area contributed by atoms with E-state index in [1.165, 1.54) is 11.0 Å². The number of nitrogens with zero attached hydrogens (tertiary/aromatic N) is 3. The Morgan fingerprint density at radius 1 is 1.35 bits per heavy atom. The van der Waals surface area contributed by atoms with Gasteiger partial charge in [0.1, 0.15) is 11.9 Å². The molecule has 0 bridgehead atoms. The molecule has 6 nitrogen and oxygen atoms in total. The van der Waals surface area contributed by atoms with Gasteiger partial charge in [-0.3, -0.25) is 4.79 Å². The summed E-state index contributed by atoms with van der Waals surface area (Å²) in [7, 11) is 3.34. The van der Waals surface area contributed by atoms with Gasteiger partial charge in [-0.05, 0) is 26.0 Å². The van der Waals surface area contributed by atoms with Crippen molar-refractivity contribution >= 4 is 22.9 Å². The summed E-state index contributed by atoms with van der Waals surface area (Å²) in [4.78, 5) is 29.3. The molecule has 0 aliphatic heterocycles. The number of carboxylic acids is 1. The predicted octanol–water partition coefficient (Wildman–Crippen LogP) is 1.69. The molecule has 106 valence electrons. The van der Waals surface area contributed by atoms with Crippen LogP contribution in [-0.2, 0) is 4.79 Å². The molecule has 1 unspecified atom stereocenters. The van der Waals surface area contributed by atoms with E-state index in [1.54, 1.807) is 44.6 Å². The maximum Gasteiger partial charge on any atom is 0.337 e. The van der Waals surface area contributed by atoms with Crippen LogP contribution in [0.3, 0.4) is 0 Å². The molecule has 1 aromatic carbocycles. The number of aromatic nitrogens is 2. The fourth-order valence-corrected chi connectivity index (χ4v) is 2.40. The van der Waals surface area contributed by atoms with E-state index in [1.807, 2.05) is 0 Å². The van der Waals surface area contributed by atoms with E-state index >= 15 is 0 Å². The number of hydrogen-bond donors (Lipinski definition) is 1. The number of carboxylic acid groups (broad SMARTS) is 1. The summed E-state index contributed by atoms with van der Waals surface area (Å²) in [5, 5.41) is 9.31. The third-order valence-corrected chi connectivity index (χ3v) is 3.30. The number of imidazole rings is 1. The smallest absolute Gasteiger partial charge is 0.337 e. The largest absolute Gasteiger partial charge is 0.478 e. The van der Waals surface area contributed by atoms with E-state index in [4.69, 9.17) is 0 Å². The van der Waals surface area contributed by atoms with Gasteiger partial charge in [-0.25, -0.2) is 9.78 Å². The molecule has 20 heavy (non-hydrogen) atoms. The highest BCUT2D eigenvalue weighted by Crippen LogP contribution is 2.25. The van der Waals surface area contributed by atoms with E-state index in [2.05, 4.69) is 4.98 Å². The molecule has 0 saturated carbocycles. The number of rotatable bonds is 3. The Morgan fingerprint density at radius 3 is 2.55 bits per heavy atom. The molecule has 6 heteroatoms. The predicted molar refractivity (Wildman–Crippen MR) is 74.8 cm³/mol. The third-order valence-electron chi connectivity index (χ3n) is 3.30. The molecule has 2 rings (SSSR count). The van der Waals surface area contributed by atoms with Crippen molar-refractivity contribution in [3.05, 3.63) is 29.6 Å². The van der Waals surface area contributed by atoms with Crippen molar-refractivity contribution in [3.63, 3.8) is 0 Å². The van der Waals surface area contributed by atoms with Gasteiger partial charge in [0.25, 0.3) is 0 Å². The van der Waals surface area contributed by atoms with Crippen molar-refractivity contribution < 1.29 is 14.7 Å². The first-order chi connectivity index (χ1) is 9.34. The van der Waals surface area contributed by atoms with Crippen LogP contribution in [0.25, 0.3) is 11.0 Å². The Bertz CT molecular complexity index is 688. The van der Waals surface area contributed by atoms with Crippen LogP contribution in [-0.4, -0.2) is 45.5 Å². The van der Waals surface area contributed by atoms with Gasteiger partial charge in [0, 0.05) is 14.1 Å². The lowest BCUT2D eigenvalue weighted by Gasteiger charge is -2.20. The van der Waals surface area contributed by atoms with Crippen LogP contribution in [0, 0.1) is 6.92 Å². The number of benzene rings is 1. The second-order valence-corrected chi connectivity index (χ2v) is 4.92. The Morgan fingerprint density at radius 2 is 2.00 bits per heavy atom. The van der Waals surface area contributed by atoms with Crippen LogP contribution in [0.5, 0.6) is 0 Å². The lowest BCUT2D eigenvalue weighted by atomic mass is 10.1. The Kier molecular flexibility index (Phi) is 3.48. The number of amides is 1. The molecular formula is C14H17N3O3. The highest BCUT2D eigenvalue weighted by molar-refractivity contribution is 6.01. The zero-order valence-corrected chi connectivity index (χ0v) is 11.9. The standard InChI is InChI=1S/C14H17N3O3/c1-8(13(18)16(3)4)17-9(2)15-11-7-5-6-10(12(11)17)14(19)20/h5-8H,1-4H3,(H,19,20). The monoisotopic (exact) mass is 275 g/mol. The number of fused-ring (bicyclic) bond motifs is 1. The number of hydrogen-bond acceptors (Lipinski definition) is 3. The van der Waals surface area contributed by atoms with Crippen LogP contribution in [0.4, 0.5) is 0 Å². The Balaban J connectivity index is 2.72. The number of aromatic carboxylic acids is 1. The summed E-state index contributed by atoms with van der Waals surface area (Å²) in [6.45, 7) is 3.51. The summed E-state index contributed by atoms with van der Waals surface area (Å²) in [6, 6.07) is 4.42.